The fourth-order valence-corrected chi connectivity index (χ4v) is 4.39. The summed E-state index contributed by atoms with van der Waals surface area (Å²) in [5.41, 5.74) is 3.86. The molecule has 4 rings (SSSR count). The maximum Gasteiger partial charge on any atom is 0.255 e. The van der Waals surface area contributed by atoms with Gasteiger partial charge in [-0.25, -0.2) is 0 Å². The minimum Gasteiger partial charge on any atom is -0.345 e. The van der Waals surface area contributed by atoms with Crippen LogP contribution in [0.5, 0.6) is 0 Å². The number of amides is 1. The summed E-state index contributed by atoms with van der Waals surface area (Å²) in [6.45, 7) is 2.03. The minimum atomic E-state index is -0.0863. The van der Waals surface area contributed by atoms with Crippen molar-refractivity contribution in [3.63, 3.8) is 0 Å². The molecule has 27 heavy (non-hydrogen) atoms. The van der Waals surface area contributed by atoms with Gasteiger partial charge in [-0.05, 0) is 34.9 Å². The normalized spacial score (nSPS) is 12.2. The van der Waals surface area contributed by atoms with Gasteiger partial charge >= 0.3 is 0 Å². The molecule has 0 radical (unpaired) electrons. The van der Waals surface area contributed by atoms with Crippen LogP contribution >= 0.6 is 11.3 Å². The van der Waals surface area contributed by atoms with Gasteiger partial charge in [-0.3, -0.25) is 9.48 Å². The van der Waals surface area contributed by atoms with Gasteiger partial charge in [0.2, 0.25) is 0 Å². The lowest BCUT2D eigenvalue weighted by atomic mass is 10.0. The van der Waals surface area contributed by atoms with Crippen LogP contribution in [-0.2, 0) is 13.5 Å². The van der Waals surface area contributed by atoms with E-state index in [-0.39, 0.29) is 11.9 Å². The zero-order chi connectivity index (χ0) is 18.8. The first-order valence-corrected chi connectivity index (χ1v) is 9.83. The van der Waals surface area contributed by atoms with Crippen LogP contribution in [0.25, 0.3) is 10.1 Å². The maximum atomic E-state index is 12.9. The molecular weight excluding hydrogens is 354 g/mol. The molecule has 2 aromatic heterocycles. The number of fused-ring (bicyclic) bond motifs is 1. The zero-order valence-corrected chi connectivity index (χ0v) is 16.2. The van der Waals surface area contributed by atoms with Gasteiger partial charge in [-0.2, -0.15) is 5.10 Å². The molecule has 0 aliphatic carbocycles. The number of carbonyl (C=O) groups is 1. The van der Waals surface area contributed by atoms with Crippen molar-refractivity contribution in [2.24, 2.45) is 7.05 Å². The third-order valence-electron chi connectivity index (χ3n) is 4.85. The predicted octanol–water partition coefficient (Wildman–Crippen LogP) is 4.72. The molecule has 2 heterocycles. The standard InChI is InChI=1S/C22H21N3OS/c1-15(19-14-27-21-11-7-6-10-17(19)21)24-22(26)18-13-23-25(2)20(18)12-16-8-4-3-5-9-16/h3-11,13-15H,12H2,1-2H3,(H,24,26). The van der Waals surface area contributed by atoms with Gasteiger partial charge < -0.3 is 5.32 Å². The quantitative estimate of drug-likeness (QED) is 0.549. The Morgan fingerprint density at radius 3 is 2.70 bits per heavy atom. The number of aryl methyl sites for hydroxylation is 1. The van der Waals surface area contributed by atoms with Gasteiger partial charge in [0.15, 0.2) is 0 Å². The summed E-state index contributed by atoms with van der Waals surface area (Å²) in [5.74, 6) is -0.0863. The lowest BCUT2D eigenvalue weighted by Gasteiger charge is -2.14. The van der Waals surface area contributed by atoms with E-state index in [1.165, 1.54) is 10.1 Å². The Morgan fingerprint density at radius 2 is 1.89 bits per heavy atom. The molecular formula is C22H21N3OS. The Morgan fingerprint density at radius 1 is 1.15 bits per heavy atom. The van der Waals surface area contributed by atoms with E-state index in [1.807, 2.05) is 44.3 Å². The van der Waals surface area contributed by atoms with Crippen molar-refractivity contribution >= 4 is 27.3 Å². The zero-order valence-electron chi connectivity index (χ0n) is 15.3. The van der Waals surface area contributed by atoms with Gasteiger partial charge in [0.25, 0.3) is 5.91 Å². The van der Waals surface area contributed by atoms with Crippen LogP contribution in [0.15, 0.2) is 66.2 Å². The monoisotopic (exact) mass is 375 g/mol. The third kappa shape index (κ3) is 3.51. The highest BCUT2D eigenvalue weighted by Gasteiger charge is 2.20. The Labute approximate surface area is 162 Å². The molecule has 2 aromatic carbocycles. The van der Waals surface area contributed by atoms with Crippen molar-refractivity contribution in [1.82, 2.24) is 15.1 Å². The van der Waals surface area contributed by atoms with E-state index in [4.69, 9.17) is 0 Å². The first-order valence-electron chi connectivity index (χ1n) is 8.95. The first-order chi connectivity index (χ1) is 13.1. The highest BCUT2D eigenvalue weighted by molar-refractivity contribution is 7.17. The predicted molar refractivity (Wildman–Crippen MR) is 110 cm³/mol. The molecule has 5 heteroatoms. The number of thiophene rings is 1. The summed E-state index contributed by atoms with van der Waals surface area (Å²) >= 11 is 1.71. The van der Waals surface area contributed by atoms with Crippen LogP contribution < -0.4 is 5.32 Å². The number of hydrogen-bond acceptors (Lipinski definition) is 3. The smallest absolute Gasteiger partial charge is 0.255 e. The highest BCUT2D eigenvalue weighted by Crippen LogP contribution is 2.30. The van der Waals surface area contributed by atoms with Gasteiger partial charge in [0, 0.05) is 18.2 Å². The number of benzene rings is 2. The van der Waals surface area contributed by atoms with Crippen LogP contribution in [0.2, 0.25) is 0 Å². The van der Waals surface area contributed by atoms with Crippen molar-refractivity contribution in [2.75, 3.05) is 0 Å². The molecule has 0 saturated carbocycles. The molecule has 4 nitrogen and oxygen atoms in total. The lowest BCUT2D eigenvalue weighted by Crippen LogP contribution is -2.27. The van der Waals surface area contributed by atoms with E-state index in [0.717, 1.165) is 16.8 Å². The molecule has 1 N–H and O–H groups in total. The van der Waals surface area contributed by atoms with Crippen molar-refractivity contribution in [2.45, 2.75) is 19.4 Å². The largest absolute Gasteiger partial charge is 0.345 e. The Kier molecular flexibility index (Phi) is 4.77. The fraction of sp³-hybridized carbons (Fsp3) is 0.182. The summed E-state index contributed by atoms with van der Waals surface area (Å²) in [4.78, 5) is 12.9. The van der Waals surface area contributed by atoms with Gasteiger partial charge in [-0.1, -0.05) is 48.5 Å². The first kappa shape index (κ1) is 17.5. The molecule has 0 aliphatic heterocycles. The SMILES string of the molecule is CC(NC(=O)c1cnn(C)c1Cc1ccccc1)c1csc2ccccc12. The van der Waals surface area contributed by atoms with Crippen LogP contribution in [0.3, 0.4) is 0 Å². The van der Waals surface area contributed by atoms with Crippen LogP contribution in [-0.4, -0.2) is 15.7 Å². The van der Waals surface area contributed by atoms with Crippen molar-refractivity contribution in [3.05, 3.63) is 88.6 Å². The topological polar surface area (TPSA) is 46.9 Å². The summed E-state index contributed by atoms with van der Waals surface area (Å²) in [5, 5.41) is 10.8. The summed E-state index contributed by atoms with van der Waals surface area (Å²) in [7, 11) is 1.88. The molecule has 1 unspecified atom stereocenters. The molecule has 1 amide bonds. The molecule has 136 valence electrons. The van der Waals surface area contributed by atoms with Crippen molar-refractivity contribution in [3.8, 4) is 0 Å². The fourth-order valence-electron chi connectivity index (χ4n) is 3.34. The number of hydrogen-bond donors (Lipinski definition) is 1. The highest BCUT2D eigenvalue weighted by atomic mass is 32.1. The van der Waals surface area contributed by atoms with Gasteiger partial charge in [0.1, 0.15) is 0 Å². The van der Waals surface area contributed by atoms with Crippen LogP contribution in [0, 0.1) is 0 Å². The number of carbonyl (C=O) groups excluding carboxylic acids is 1. The molecule has 0 bridgehead atoms. The number of rotatable bonds is 5. The summed E-state index contributed by atoms with van der Waals surface area (Å²) in [6.07, 6.45) is 2.34. The molecule has 4 aromatic rings. The second-order valence-electron chi connectivity index (χ2n) is 6.67. The van der Waals surface area contributed by atoms with E-state index < -0.39 is 0 Å². The second-order valence-corrected chi connectivity index (χ2v) is 7.58. The third-order valence-corrected chi connectivity index (χ3v) is 5.83. The van der Waals surface area contributed by atoms with E-state index in [1.54, 1.807) is 22.2 Å². The molecule has 0 fully saturated rings. The number of aromatic nitrogens is 2. The molecule has 1 atom stereocenters. The molecule has 0 aliphatic rings. The number of nitrogens with one attached hydrogen (secondary N) is 1. The maximum absolute atomic E-state index is 12.9. The van der Waals surface area contributed by atoms with Crippen LogP contribution in [0.4, 0.5) is 0 Å². The van der Waals surface area contributed by atoms with E-state index in [0.29, 0.717) is 12.0 Å². The average Bonchev–Trinajstić information content (AvgIpc) is 3.27. The minimum absolute atomic E-state index is 0.0709. The Bertz CT molecular complexity index is 1080. The Balaban J connectivity index is 1.57. The van der Waals surface area contributed by atoms with Crippen molar-refractivity contribution < 1.29 is 4.79 Å². The average molecular weight is 375 g/mol. The number of nitrogens with zero attached hydrogens (tertiary/aromatic N) is 2. The molecule has 0 saturated heterocycles. The van der Waals surface area contributed by atoms with E-state index >= 15 is 0 Å². The van der Waals surface area contributed by atoms with Gasteiger partial charge in [0.05, 0.1) is 23.5 Å². The molecule has 0 spiro atoms. The van der Waals surface area contributed by atoms with Gasteiger partial charge in [-0.15, -0.1) is 11.3 Å². The van der Waals surface area contributed by atoms with Crippen LogP contribution in [0.1, 0.15) is 40.1 Å². The summed E-state index contributed by atoms with van der Waals surface area (Å²) < 4.78 is 3.02. The summed E-state index contributed by atoms with van der Waals surface area (Å²) in [6, 6.07) is 18.4. The van der Waals surface area contributed by atoms with E-state index in [9.17, 15) is 4.79 Å². The Hall–Kier alpha value is -2.92. The van der Waals surface area contributed by atoms with Crippen molar-refractivity contribution in [1.29, 1.82) is 0 Å². The van der Waals surface area contributed by atoms with E-state index in [2.05, 4.69) is 40.1 Å². The second kappa shape index (κ2) is 7.37. The lowest BCUT2D eigenvalue weighted by molar-refractivity contribution is 0.0939.